The van der Waals surface area contributed by atoms with Crippen LogP contribution in [0.2, 0.25) is 0 Å². The molecule has 0 aromatic carbocycles. The highest BCUT2D eigenvalue weighted by Crippen LogP contribution is 2.21. The third-order valence-electron chi connectivity index (χ3n) is 4.31. The van der Waals surface area contributed by atoms with Gasteiger partial charge in [0.15, 0.2) is 6.29 Å². The largest absolute Gasteiger partial charge is 0.531 e. The topological polar surface area (TPSA) is 64.6 Å². The number of ether oxygens (including phenoxy) is 4. The zero-order chi connectivity index (χ0) is 20.7. The minimum absolute atomic E-state index is 0.0664. The van der Waals surface area contributed by atoms with Crippen LogP contribution >= 0.6 is 0 Å². The first-order chi connectivity index (χ1) is 12.9. The maximum absolute atomic E-state index is 6.09. The van der Waals surface area contributed by atoms with Crippen molar-refractivity contribution in [2.75, 3.05) is 47.8 Å². The standard InChI is InChI=1S/C19H42O7Si/c1-9-12-23-14-16(3)11-13-24-17(4)15-25-27(21-7,22-8)19(10-2)26-18(5)20-6/h16-19H,9-15H2,1-8H3. The van der Waals surface area contributed by atoms with Gasteiger partial charge >= 0.3 is 8.80 Å². The molecule has 4 atom stereocenters. The van der Waals surface area contributed by atoms with E-state index < -0.39 is 8.80 Å². The molecule has 0 aliphatic carbocycles. The Kier molecular flexibility index (Phi) is 15.8. The fourth-order valence-electron chi connectivity index (χ4n) is 2.54. The first kappa shape index (κ1) is 26.9. The molecule has 0 aliphatic rings. The fraction of sp³-hybridized carbons (Fsp3) is 1.00. The van der Waals surface area contributed by atoms with Gasteiger partial charge in [0.2, 0.25) is 0 Å². The van der Waals surface area contributed by atoms with Gasteiger partial charge in [0, 0.05) is 41.2 Å². The van der Waals surface area contributed by atoms with Gasteiger partial charge in [-0.1, -0.05) is 20.8 Å². The van der Waals surface area contributed by atoms with E-state index in [1.54, 1.807) is 21.3 Å². The Morgan fingerprint density at radius 2 is 1.56 bits per heavy atom. The summed E-state index contributed by atoms with van der Waals surface area (Å²) in [6.45, 7) is 12.8. The second-order valence-electron chi connectivity index (χ2n) is 6.81. The van der Waals surface area contributed by atoms with Gasteiger partial charge in [-0.3, -0.25) is 0 Å². The molecule has 4 unspecified atom stereocenters. The number of hydrogen-bond acceptors (Lipinski definition) is 7. The van der Waals surface area contributed by atoms with E-state index in [0.29, 0.717) is 25.6 Å². The molecule has 0 saturated carbocycles. The van der Waals surface area contributed by atoms with E-state index in [2.05, 4.69) is 13.8 Å². The van der Waals surface area contributed by atoms with Gasteiger partial charge in [-0.2, -0.15) is 0 Å². The molecule has 8 heteroatoms. The molecule has 0 bridgehead atoms. The maximum Gasteiger partial charge on any atom is 0.531 e. The Labute approximate surface area is 167 Å². The number of hydrogen-bond donors (Lipinski definition) is 0. The molecule has 0 aliphatic heterocycles. The summed E-state index contributed by atoms with van der Waals surface area (Å²) in [5.41, 5.74) is -0.301. The smallest absolute Gasteiger partial charge is 0.381 e. The molecule has 0 rings (SSSR count). The molecule has 7 nitrogen and oxygen atoms in total. The normalized spacial score (nSPS) is 16.9. The van der Waals surface area contributed by atoms with Crippen molar-refractivity contribution in [3.8, 4) is 0 Å². The molecule has 0 heterocycles. The highest BCUT2D eigenvalue weighted by molar-refractivity contribution is 6.62. The predicted octanol–water partition coefficient (Wildman–Crippen LogP) is 3.42. The van der Waals surface area contributed by atoms with Gasteiger partial charge in [0.05, 0.1) is 12.7 Å². The molecule has 0 aromatic rings. The second-order valence-corrected chi connectivity index (χ2v) is 9.77. The second kappa shape index (κ2) is 15.8. The van der Waals surface area contributed by atoms with Crippen LogP contribution in [0.25, 0.3) is 0 Å². The SMILES string of the molecule is CCCOCC(C)CCOC(C)CO[Si](OC)(OC)C(CC)OC(C)OC. The lowest BCUT2D eigenvalue weighted by atomic mass is 10.1. The maximum atomic E-state index is 6.09. The lowest BCUT2D eigenvalue weighted by Crippen LogP contribution is -2.57. The van der Waals surface area contributed by atoms with E-state index in [4.69, 9.17) is 32.2 Å². The fourth-order valence-corrected chi connectivity index (χ4v) is 4.98. The third-order valence-corrected chi connectivity index (χ3v) is 7.35. The summed E-state index contributed by atoms with van der Waals surface area (Å²) in [7, 11) is 1.80. The summed E-state index contributed by atoms with van der Waals surface area (Å²) in [6, 6.07) is 0. The predicted molar refractivity (Wildman–Crippen MR) is 108 cm³/mol. The van der Waals surface area contributed by atoms with Crippen LogP contribution < -0.4 is 0 Å². The molecule has 0 N–H and O–H groups in total. The van der Waals surface area contributed by atoms with E-state index in [-0.39, 0.29) is 18.1 Å². The molecule has 27 heavy (non-hydrogen) atoms. The van der Waals surface area contributed by atoms with E-state index in [1.807, 2.05) is 20.8 Å². The summed E-state index contributed by atoms with van der Waals surface area (Å²) in [5.74, 6) is 0.476. The molecule has 164 valence electrons. The zero-order valence-corrected chi connectivity index (χ0v) is 19.6. The van der Waals surface area contributed by atoms with Gasteiger partial charge in [0.1, 0.15) is 5.73 Å². The summed E-state index contributed by atoms with van der Waals surface area (Å²) in [6.07, 6.45) is 2.28. The average Bonchev–Trinajstić information content (AvgIpc) is 2.67. The molecular weight excluding hydrogens is 368 g/mol. The molecule has 0 radical (unpaired) electrons. The Balaban J connectivity index is 4.41. The summed E-state index contributed by atoms with van der Waals surface area (Å²) < 4.78 is 40.0. The van der Waals surface area contributed by atoms with Crippen molar-refractivity contribution in [3.05, 3.63) is 0 Å². The minimum atomic E-state index is -3.00. The van der Waals surface area contributed by atoms with Crippen LogP contribution in [0, 0.1) is 5.92 Å². The Bertz CT molecular complexity index is 342. The van der Waals surface area contributed by atoms with Crippen LogP contribution in [0.3, 0.4) is 0 Å². The van der Waals surface area contributed by atoms with Crippen molar-refractivity contribution in [1.29, 1.82) is 0 Å². The zero-order valence-electron chi connectivity index (χ0n) is 18.6. The summed E-state index contributed by atoms with van der Waals surface area (Å²) >= 11 is 0. The van der Waals surface area contributed by atoms with Crippen LogP contribution in [0.1, 0.15) is 53.9 Å². The van der Waals surface area contributed by atoms with E-state index >= 15 is 0 Å². The van der Waals surface area contributed by atoms with Gasteiger partial charge in [0.25, 0.3) is 0 Å². The Morgan fingerprint density at radius 1 is 0.889 bits per heavy atom. The monoisotopic (exact) mass is 410 g/mol. The van der Waals surface area contributed by atoms with Gasteiger partial charge in [-0.25, -0.2) is 0 Å². The van der Waals surface area contributed by atoms with Crippen LogP contribution in [0.15, 0.2) is 0 Å². The van der Waals surface area contributed by atoms with Crippen molar-refractivity contribution >= 4 is 8.80 Å². The molecule has 0 fully saturated rings. The Morgan fingerprint density at radius 3 is 2.07 bits per heavy atom. The first-order valence-electron chi connectivity index (χ1n) is 10.0. The number of rotatable bonds is 18. The van der Waals surface area contributed by atoms with E-state index in [0.717, 1.165) is 26.1 Å². The molecule has 0 saturated heterocycles. The first-order valence-corrected chi connectivity index (χ1v) is 11.8. The quantitative estimate of drug-likeness (QED) is 0.195. The van der Waals surface area contributed by atoms with Crippen molar-refractivity contribution < 1.29 is 32.2 Å². The Hall–Kier alpha value is -0.0631. The van der Waals surface area contributed by atoms with Gasteiger partial charge in [-0.05, 0) is 39.0 Å². The molecule has 0 amide bonds. The third kappa shape index (κ3) is 10.9. The molecular formula is C19H42O7Si. The van der Waals surface area contributed by atoms with E-state index in [1.165, 1.54) is 0 Å². The lowest BCUT2D eigenvalue weighted by molar-refractivity contribution is -0.144. The van der Waals surface area contributed by atoms with Crippen molar-refractivity contribution in [3.63, 3.8) is 0 Å². The van der Waals surface area contributed by atoms with Crippen molar-refractivity contribution in [2.24, 2.45) is 5.92 Å². The highest BCUT2D eigenvalue weighted by atomic mass is 28.4. The van der Waals surface area contributed by atoms with Crippen LogP contribution in [0.5, 0.6) is 0 Å². The van der Waals surface area contributed by atoms with E-state index in [9.17, 15) is 0 Å². The van der Waals surface area contributed by atoms with Crippen LogP contribution in [-0.2, 0) is 32.2 Å². The molecule has 0 aromatic heterocycles. The lowest BCUT2D eigenvalue weighted by Gasteiger charge is -2.34. The summed E-state index contributed by atoms with van der Waals surface area (Å²) in [4.78, 5) is 0. The summed E-state index contributed by atoms with van der Waals surface area (Å²) in [5, 5.41) is 0. The minimum Gasteiger partial charge on any atom is -0.381 e. The molecule has 0 spiro atoms. The van der Waals surface area contributed by atoms with Gasteiger partial charge in [-0.15, -0.1) is 0 Å². The van der Waals surface area contributed by atoms with Crippen molar-refractivity contribution in [1.82, 2.24) is 0 Å². The highest BCUT2D eigenvalue weighted by Gasteiger charge is 2.49. The van der Waals surface area contributed by atoms with Crippen molar-refractivity contribution in [2.45, 2.75) is 72.0 Å². The van der Waals surface area contributed by atoms with Crippen LogP contribution in [-0.4, -0.2) is 74.7 Å². The van der Waals surface area contributed by atoms with Gasteiger partial charge < -0.3 is 32.2 Å². The average molecular weight is 411 g/mol. The van der Waals surface area contributed by atoms with Crippen LogP contribution in [0.4, 0.5) is 0 Å². The number of methoxy groups -OCH3 is 1.